The molecule has 1 amide bonds. The first-order valence-electron chi connectivity index (χ1n) is 10.1. The Morgan fingerprint density at radius 3 is 2.59 bits per heavy atom. The van der Waals surface area contributed by atoms with Crippen molar-refractivity contribution in [2.24, 2.45) is 10.4 Å². The van der Waals surface area contributed by atoms with Gasteiger partial charge in [-0.15, -0.1) is 0 Å². The van der Waals surface area contributed by atoms with E-state index in [4.69, 9.17) is 9.47 Å². The van der Waals surface area contributed by atoms with Crippen LogP contribution >= 0.6 is 0 Å². The quantitative estimate of drug-likeness (QED) is 0.413. The predicted octanol–water partition coefficient (Wildman–Crippen LogP) is 0.149. The van der Waals surface area contributed by atoms with E-state index in [9.17, 15) is 4.79 Å². The van der Waals surface area contributed by atoms with Gasteiger partial charge >= 0.3 is 0 Å². The molecule has 0 radical (unpaired) electrons. The maximum atomic E-state index is 11.9. The van der Waals surface area contributed by atoms with E-state index in [-0.39, 0.29) is 12.5 Å². The second-order valence-corrected chi connectivity index (χ2v) is 7.78. The third kappa shape index (κ3) is 7.63. The van der Waals surface area contributed by atoms with Gasteiger partial charge in [-0.1, -0.05) is 6.42 Å². The van der Waals surface area contributed by atoms with E-state index < -0.39 is 0 Å². The standard InChI is InChI=1S/C19H37N5O3/c1-23(2)17(25)15-21-18(20-8-9-24-10-13-27-14-11-24)22-16-19(5-4-6-19)7-12-26-3/h4-16H2,1-3H3,(H2,20,21,22). The molecule has 0 unspecified atom stereocenters. The van der Waals surface area contributed by atoms with Crippen LogP contribution in [-0.4, -0.2) is 102 Å². The van der Waals surface area contributed by atoms with Gasteiger partial charge in [0.1, 0.15) is 6.54 Å². The Hall–Kier alpha value is -1.38. The smallest absolute Gasteiger partial charge is 0.243 e. The fourth-order valence-corrected chi connectivity index (χ4v) is 3.40. The average molecular weight is 384 g/mol. The lowest BCUT2D eigenvalue weighted by Crippen LogP contribution is -2.49. The summed E-state index contributed by atoms with van der Waals surface area (Å²) >= 11 is 0. The number of carbonyl (C=O) groups is 1. The van der Waals surface area contributed by atoms with Crippen molar-refractivity contribution in [3.63, 3.8) is 0 Å². The number of likely N-dealkylation sites (N-methyl/N-ethyl adjacent to an activating group) is 1. The summed E-state index contributed by atoms with van der Waals surface area (Å²) < 4.78 is 10.7. The molecule has 156 valence electrons. The minimum atomic E-state index is 0.00187. The molecule has 1 aliphatic heterocycles. The van der Waals surface area contributed by atoms with Crippen LogP contribution < -0.4 is 10.6 Å². The van der Waals surface area contributed by atoms with Crippen LogP contribution in [0.15, 0.2) is 4.99 Å². The first kappa shape index (κ1) is 21.9. The van der Waals surface area contributed by atoms with Crippen LogP contribution in [0.3, 0.4) is 0 Å². The highest BCUT2D eigenvalue weighted by Crippen LogP contribution is 2.43. The SMILES string of the molecule is COCCC1(CNC(=NCC(=O)N(C)C)NCCN2CCOCC2)CCC1. The van der Waals surface area contributed by atoms with Gasteiger partial charge in [0, 0.05) is 60.5 Å². The Labute approximate surface area is 163 Å². The maximum Gasteiger partial charge on any atom is 0.243 e. The van der Waals surface area contributed by atoms with Crippen molar-refractivity contribution in [2.75, 3.05) is 80.3 Å². The Balaban J connectivity index is 1.84. The van der Waals surface area contributed by atoms with Gasteiger partial charge in [0.25, 0.3) is 0 Å². The van der Waals surface area contributed by atoms with Gasteiger partial charge in [-0.05, 0) is 24.7 Å². The number of nitrogens with zero attached hydrogens (tertiary/aromatic N) is 3. The highest BCUT2D eigenvalue weighted by molar-refractivity contribution is 5.84. The number of carbonyl (C=O) groups excluding carboxylic acids is 1. The molecule has 1 heterocycles. The summed E-state index contributed by atoms with van der Waals surface area (Å²) in [4.78, 5) is 20.4. The number of amides is 1. The van der Waals surface area contributed by atoms with Crippen molar-refractivity contribution in [3.8, 4) is 0 Å². The van der Waals surface area contributed by atoms with Crippen molar-refractivity contribution >= 4 is 11.9 Å². The van der Waals surface area contributed by atoms with Crippen molar-refractivity contribution in [3.05, 3.63) is 0 Å². The summed E-state index contributed by atoms with van der Waals surface area (Å²) in [6.07, 6.45) is 4.79. The van der Waals surface area contributed by atoms with Crippen LogP contribution in [0.1, 0.15) is 25.7 Å². The van der Waals surface area contributed by atoms with Crippen LogP contribution in [0.2, 0.25) is 0 Å². The number of methoxy groups -OCH3 is 1. The highest BCUT2D eigenvalue weighted by atomic mass is 16.5. The highest BCUT2D eigenvalue weighted by Gasteiger charge is 2.36. The molecule has 0 aromatic rings. The third-order valence-corrected chi connectivity index (χ3v) is 5.58. The second kappa shape index (κ2) is 11.5. The summed E-state index contributed by atoms with van der Waals surface area (Å²) in [7, 11) is 5.27. The Kier molecular flexibility index (Phi) is 9.30. The lowest BCUT2D eigenvalue weighted by molar-refractivity contribution is -0.127. The molecule has 1 aliphatic carbocycles. The van der Waals surface area contributed by atoms with Crippen LogP contribution in [-0.2, 0) is 14.3 Å². The summed E-state index contributed by atoms with van der Waals surface area (Å²) in [5.41, 5.74) is 0.300. The van der Waals surface area contributed by atoms with Crippen LogP contribution in [0.5, 0.6) is 0 Å². The predicted molar refractivity (Wildman–Crippen MR) is 107 cm³/mol. The van der Waals surface area contributed by atoms with Crippen LogP contribution in [0.4, 0.5) is 0 Å². The largest absolute Gasteiger partial charge is 0.385 e. The summed E-state index contributed by atoms with van der Waals surface area (Å²) in [5.74, 6) is 0.726. The van der Waals surface area contributed by atoms with Crippen molar-refractivity contribution in [2.45, 2.75) is 25.7 Å². The van der Waals surface area contributed by atoms with Gasteiger partial charge in [0.05, 0.1) is 13.2 Å². The van der Waals surface area contributed by atoms with E-state index in [0.717, 1.165) is 64.9 Å². The van der Waals surface area contributed by atoms with Gasteiger partial charge in [-0.25, -0.2) is 4.99 Å². The van der Waals surface area contributed by atoms with Gasteiger partial charge in [-0.2, -0.15) is 0 Å². The molecule has 0 aromatic heterocycles. The molecule has 0 spiro atoms. The number of nitrogens with one attached hydrogen (secondary N) is 2. The van der Waals surface area contributed by atoms with Crippen molar-refractivity contribution < 1.29 is 14.3 Å². The lowest BCUT2D eigenvalue weighted by Gasteiger charge is -2.42. The first-order valence-corrected chi connectivity index (χ1v) is 10.1. The molecule has 1 saturated carbocycles. The first-order chi connectivity index (χ1) is 13.0. The Morgan fingerprint density at radius 1 is 1.26 bits per heavy atom. The monoisotopic (exact) mass is 383 g/mol. The maximum absolute atomic E-state index is 11.9. The Bertz CT molecular complexity index is 474. The number of aliphatic imine (C=N–C) groups is 1. The fourth-order valence-electron chi connectivity index (χ4n) is 3.40. The topological polar surface area (TPSA) is 78.4 Å². The molecule has 2 rings (SSSR count). The van der Waals surface area contributed by atoms with Crippen LogP contribution in [0, 0.1) is 5.41 Å². The van der Waals surface area contributed by atoms with Gasteiger partial charge in [0.2, 0.25) is 5.91 Å². The number of hydrogen-bond acceptors (Lipinski definition) is 5. The number of guanidine groups is 1. The molecule has 27 heavy (non-hydrogen) atoms. The van der Waals surface area contributed by atoms with Crippen molar-refractivity contribution in [1.82, 2.24) is 20.4 Å². The number of ether oxygens (including phenoxy) is 2. The second-order valence-electron chi connectivity index (χ2n) is 7.78. The van der Waals surface area contributed by atoms with E-state index in [1.165, 1.54) is 19.3 Å². The van der Waals surface area contributed by atoms with Crippen molar-refractivity contribution in [1.29, 1.82) is 0 Å². The molecule has 8 nitrogen and oxygen atoms in total. The number of rotatable bonds is 10. The number of hydrogen-bond donors (Lipinski definition) is 2. The fraction of sp³-hybridized carbons (Fsp3) is 0.895. The normalized spacial score (nSPS) is 20.0. The van der Waals surface area contributed by atoms with E-state index >= 15 is 0 Å². The average Bonchev–Trinajstić information content (AvgIpc) is 2.64. The molecule has 0 bridgehead atoms. The van der Waals surface area contributed by atoms with Gasteiger partial charge < -0.3 is 25.0 Å². The zero-order valence-corrected chi connectivity index (χ0v) is 17.3. The van der Waals surface area contributed by atoms with E-state index in [1.807, 2.05) is 0 Å². The lowest BCUT2D eigenvalue weighted by atomic mass is 9.67. The summed E-state index contributed by atoms with van der Waals surface area (Å²) in [6.45, 7) is 7.12. The molecule has 8 heteroatoms. The molecule has 0 aromatic carbocycles. The molecule has 2 N–H and O–H groups in total. The van der Waals surface area contributed by atoms with E-state index in [1.54, 1.807) is 26.1 Å². The zero-order chi connectivity index (χ0) is 19.5. The minimum absolute atomic E-state index is 0.00187. The van der Waals surface area contributed by atoms with E-state index in [0.29, 0.717) is 5.41 Å². The molecule has 0 atom stereocenters. The molecular formula is C19H37N5O3. The van der Waals surface area contributed by atoms with Crippen LogP contribution in [0.25, 0.3) is 0 Å². The third-order valence-electron chi connectivity index (χ3n) is 5.58. The summed E-state index contributed by atoms with van der Waals surface area (Å²) in [5, 5.41) is 6.87. The summed E-state index contributed by atoms with van der Waals surface area (Å²) in [6, 6.07) is 0. The van der Waals surface area contributed by atoms with E-state index in [2.05, 4.69) is 20.5 Å². The minimum Gasteiger partial charge on any atom is -0.385 e. The molecule has 2 fully saturated rings. The molecular weight excluding hydrogens is 346 g/mol. The van der Waals surface area contributed by atoms with Gasteiger partial charge in [0.15, 0.2) is 5.96 Å². The number of morpholine rings is 1. The molecule has 2 aliphatic rings. The zero-order valence-electron chi connectivity index (χ0n) is 17.3. The van der Waals surface area contributed by atoms with Gasteiger partial charge in [-0.3, -0.25) is 9.69 Å². The Morgan fingerprint density at radius 2 is 2.00 bits per heavy atom. The molecule has 1 saturated heterocycles.